The molecule has 0 aliphatic rings. The molecule has 3 aromatic heterocycles. The number of benzene rings is 2. The van der Waals surface area contributed by atoms with Crippen LogP contribution in [0, 0.1) is 5.41 Å². The maximum absolute atomic E-state index is 13.0. The van der Waals surface area contributed by atoms with E-state index in [0.29, 0.717) is 24.1 Å². The molecule has 0 saturated heterocycles. The number of aromatic nitrogens is 8. The zero-order valence-electron chi connectivity index (χ0n) is 20.1. The van der Waals surface area contributed by atoms with E-state index >= 15 is 0 Å². The van der Waals surface area contributed by atoms with E-state index in [2.05, 4.69) is 46.3 Å². The van der Waals surface area contributed by atoms with E-state index in [-0.39, 0.29) is 11.0 Å². The van der Waals surface area contributed by atoms with Crippen molar-refractivity contribution in [3.8, 4) is 16.8 Å². The molecule has 0 aliphatic carbocycles. The highest BCUT2D eigenvalue weighted by molar-refractivity contribution is 5.73. The van der Waals surface area contributed by atoms with Crippen molar-refractivity contribution in [2.45, 2.75) is 33.7 Å². The third-order valence-electron chi connectivity index (χ3n) is 5.88. The lowest BCUT2D eigenvalue weighted by Crippen LogP contribution is -2.33. The number of imidazole rings is 1. The molecule has 0 aliphatic heterocycles. The summed E-state index contributed by atoms with van der Waals surface area (Å²) in [6.45, 7) is 6.81. The van der Waals surface area contributed by atoms with Gasteiger partial charge in [0.25, 0.3) is 5.56 Å². The van der Waals surface area contributed by atoms with Crippen LogP contribution >= 0.6 is 0 Å². The predicted octanol–water partition coefficient (Wildman–Crippen LogP) is 2.70. The molecule has 1 N–H and O–H groups in total. The van der Waals surface area contributed by atoms with Gasteiger partial charge in [0.15, 0.2) is 11.2 Å². The molecular weight excluding hydrogens is 444 g/mol. The number of tetrazole rings is 1. The number of nitrogens with one attached hydrogen (secondary N) is 1. The summed E-state index contributed by atoms with van der Waals surface area (Å²) in [6, 6.07) is 16.1. The zero-order chi connectivity index (χ0) is 24.7. The standard InChI is InChI=1S/C25H26N8O2/c1-25(2,3)13-20-27-22-21(23(34)31(4)24(35)28-22)32(20)14-16-9-11-17(12-10-16)18-7-5-6-8-19(18)33-15-26-29-30-33/h5-12,15H,13-14H2,1-4H3,(H,28,35). The topological polar surface area (TPSA) is 116 Å². The molecule has 3 heterocycles. The molecule has 0 saturated carbocycles. The van der Waals surface area contributed by atoms with Crippen molar-refractivity contribution >= 4 is 11.2 Å². The number of hydrogen-bond donors (Lipinski definition) is 1. The number of hydrogen-bond acceptors (Lipinski definition) is 6. The van der Waals surface area contributed by atoms with Crippen LogP contribution in [0.1, 0.15) is 32.2 Å². The Morgan fingerprint density at radius 3 is 2.43 bits per heavy atom. The van der Waals surface area contributed by atoms with E-state index < -0.39 is 5.69 Å². The summed E-state index contributed by atoms with van der Waals surface area (Å²) >= 11 is 0. The monoisotopic (exact) mass is 470 g/mol. The van der Waals surface area contributed by atoms with Gasteiger partial charge in [-0.15, -0.1) is 5.10 Å². The molecule has 10 nitrogen and oxygen atoms in total. The number of H-pyrrole nitrogens is 1. The minimum atomic E-state index is -0.472. The Balaban J connectivity index is 1.55. The Kier molecular flexibility index (Phi) is 5.43. The molecule has 0 radical (unpaired) electrons. The second-order valence-electron chi connectivity index (χ2n) is 9.81. The average Bonchev–Trinajstić information content (AvgIpc) is 3.46. The lowest BCUT2D eigenvalue weighted by atomic mass is 9.92. The summed E-state index contributed by atoms with van der Waals surface area (Å²) in [4.78, 5) is 32.5. The van der Waals surface area contributed by atoms with Crippen molar-refractivity contribution in [3.63, 3.8) is 0 Å². The van der Waals surface area contributed by atoms with Crippen LogP contribution in [0.3, 0.4) is 0 Å². The van der Waals surface area contributed by atoms with E-state index in [1.54, 1.807) is 11.0 Å². The Hall–Kier alpha value is -4.34. The summed E-state index contributed by atoms with van der Waals surface area (Å²) in [6.07, 6.45) is 2.23. The molecular formula is C25H26N8O2. The minimum Gasteiger partial charge on any atom is -0.318 e. The van der Waals surface area contributed by atoms with Crippen LogP contribution in [0.25, 0.3) is 28.0 Å². The highest BCUT2D eigenvalue weighted by Gasteiger charge is 2.21. The largest absolute Gasteiger partial charge is 0.329 e. The van der Waals surface area contributed by atoms with Crippen molar-refractivity contribution in [2.75, 3.05) is 0 Å². The number of nitrogens with zero attached hydrogens (tertiary/aromatic N) is 7. The van der Waals surface area contributed by atoms with Gasteiger partial charge in [-0.25, -0.2) is 9.78 Å². The van der Waals surface area contributed by atoms with Gasteiger partial charge in [-0.2, -0.15) is 4.68 Å². The first kappa shape index (κ1) is 22.5. The summed E-state index contributed by atoms with van der Waals surface area (Å²) in [5, 5.41) is 11.5. The first-order chi connectivity index (χ1) is 16.7. The maximum Gasteiger partial charge on any atom is 0.329 e. The highest BCUT2D eigenvalue weighted by Crippen LogP contribution is 2.27. The SMILES string of the molecule is Cn1c(=O)[nH]c2nc(CC(C)(C)C)n(Cc3ccc(-c4ccccc4-n4cnnn4)cc3)c2c1=O. The Labute approximate surface area is 200 Å². The third kappa shape index (κ3) is 4.30. The van der Waals surface area contributed by atoms with Crippen molar-refractivity contribution in [2.24, 2.45) is 12.5 Å². The van der Waals surface area contributed by atoms with Crippen molar-refractivity contribution in [1.82, 2.24) is 39.3 Å². The minimum absolute atomic E-state index is 0.0472. The molecule has 5 rings (SSSR count). The van der Waals surface area contributed by atoms with Gasteiger partial charge in [-0.05, 0) is 33.0 Å². The molecule has 0 amide bonds. The summed E-state index contributed by atoms with van der Waals surface area (Å²) < 4.78 is 4.64. The Morgan fingerprint density at radius 1 is 1.00 bits per heavy atom. The van der Waals surface area contributed by atoms with E-state index in [0.717, 1.165) is 32.8 Å². The number of para-hydroxylation sites is 1. The quantitative estimate of drug-likeness (QED) is 0.422. The molecule has 5 aromatic rings. The van der Waals surface area contributed by atoms with Crippen LogP contribution in [-0.4, -0.2) is 39.3 Å². The fourth-order valence-corrected chi connectivity index (χ4v) is 4.18. The molecule has 0 bridgehead atoms. The van der Waals surface area contributed by atoms with Crippen molar-refractivity contribution in [1.29, 1.82) is 0 Å². The van der Waals surface area contributed by atoms with E-state index in [1.165, 1.54) is 7.05 Å². The normalized spacial score (nSPS) is 11.9. The van der Waals surface area contributed by atoms with E-state index in [4.69, 9.17) is 0 Å². The summed E-state index contributed by atoms with van der Waals surface area (Å²) in [5.74, 6) is 0.763. The van der Waals surface area contributed by atoms with Gasteiger partial charge in [-0.1, -0.05) is 63.2 Å². The maximum atomic E-state index is 13.0. The Bertz CT molecular complexity index is 1620. The third-order valence-corrected chi connectivity index (χ3v) is 5.88. The highest BCUT2D eigenvalue weighted by atomic mass is 16.2. The van der Waals surface area contributed by atoms with Gasteiger partial charge in [0.2, 0.25) is 0 Å². The predicted molar refractivity (Wildman–Crippen MR) is 132 cm³/mol. The lowest BCUT2D eigenvalue weighted by Gasteiger charge is -2.19. The fraction of sp³-hybridized carbons (Fsp3) is 0.280. The fourth-order valence-electron chi connectivity index (χ4n) is 4.18. The number of fused-ring (bicyclic) bond motifs is 1. The van der Waals surface area contributed by atoms with Gasteiger partial charge >= 0.3 is 5.69 Å². The average molecular weight is 471 g/mol. The molecule has 178 valence electrons. The first-order valence-electron chi connectivity index (χ1n) is 11.3. The molecule has 0 atom stereocenters. The van der Waals surface area contributed by atoms with Crippen LogP contribution < -0.4 is 11.2 Å². The lowest BCUT2D eigenvalue weighted by molar-refractivity contribution is 0.394. The van der Waals surface area contributed by atoms with Gasteiger partial charge < -0.3 is 4.57 Å². The van der Waals surface area contributed by atoms with Crippen LogP contribution in [0.2, 0.25) is 0 Å². The smallest absolute Gasteiger partial charge is 0.318 e. The van der Waals surface area contributed by atoms with Crippen molar-refractivity contribution < 1.29 is 0 Å². The van der Waals surface area contributed by atoms with Gasteiger partial charge in [0.1, 0.15) is 12.2 Å². The zero-order valence-corrected chi connectivity index (χ0v) is 20.1. The van der Waals surface area contributed by atoms with Crippen molar-refractivity contribution in [3.05, 3.63) is 87.1 Å². The van der Waals surface area contributed by atoms with Crippen LogP contribution in [-0.2, 0) is 20.0 Å². The van der Waals surface area contributed by atoms with Crippen LogP contribution in [0.4, 0.5) is 0 Å². The second-order valence-corrected chi connectivity index (χ2v) is 9.81. The molecule has 35 heavy (non-hydrogen) atoms. The van der Waals surface area contributed by atoms with E-state index in [9.17, 15) is 9.59 Å². The van der Waals surface area contributed by atoms with Gasteiger partial charge in [0.05, 0.1) is 5.69 Å². The molecule has 10 heteroatoms. The van der Waals surface area contributed by atoms with Crippen LogP contribution in [0.15, 0.2) is 64.4 Å². The second kappa shape index (κ2) is 8.46. The molecule has 2 aromatic carbocycles. The Morgan fingerprint density at radius 2 is 1.74 bits per heavy atom. The van der Waals surface area contributed by atoms with Crippen LogP contribution in [0.5, 0.6) is 0 Å². The van der Waals surface area contributed by atoms with Gasteiger partial charge in [0, 0.05) is 25.6 Å². The number of aromatic amines is 1. The first-order valence-corrected chi connectivity index (χ1v) is 11.3. The molecule has 0 fully saturated rings. The summed E-state index contributed by atoms with van der Waals surface area (Å²) in [7, 11) is 1.47. The van der Waals surface area contributed by atoms with E-state index in [1.807, 2.05) is 53.1 Å². The molecule has 0 unspecified atom stereocenters. The number of rotatable bonds is 5. The molecule has 0 spiro atoms. The van der Waals surface area contributed by atoms with Gasteiger partial charge in [-0.3, -0.25) is 14.3 Å². The summed E-state index contributed by atoms with van der Waals surface area (Å²) in [5.41, 5.74) is 3.76.